The van der Waals surface area contributed by atoms with Gasteiger partial charge in [-0.1, -0.05) is 18.2 Å². The largest absolute Gasteiger partial charge is 0.351 e. The summed E-state index contributed by atoms with van der Waals surface area (Å²) >= 11 is 0. The first-order valence-electron chi connectivity index (χ1n) is 7.81. The fraction of sp³-hybridized carbons (Fsp3) is 0.471. The molecule has 0 radical (unpaired) electrons. The maximum absolute atomic E-state index is 12.6. The summed E-state index contributed by atoms with van der Waals surface area (Å²) < 4.78 is 0. The van der Waals surface area contributed by atoms with Crippen molar-refractivity contribution in [3.05, 3.63) is 36.0 Å². The van der Waals surface area contributed by atoms with E-state index < -0.39 is 0 Å². The lowest BCUT2D eigenvalue weighted by molar-refractivity contribution is 0.0611. The van der Waals surface area contributed by atoms with Crippen molar-refractivity contribution in [2.45, 2.75) is 19.4 Å². The van der Waals surface area contributed by atoms with Crippen LogP contribution in [-0.4, -0.2) is 59.0 Å². The van der Waals surface area contributed by atoms with Crippen LogP contribution in [0.3, 0.4) is 0 Å². The number of halogens is 1. The van der Waals surface area contributed by atoms with Gasteiger partial charge in [0, 0.05) is 49.2 Å². The van der Waals surface area contributed by atoms with Crippen molar-refractivity contribution in [2.75, 3.05) is 32.7 Å². The molecule has 0 saturated carbocycles. The predicted molar refractivity (Wildman–Crippen MR) is 96.2 cm³/mol. The highest BCUT2D eigenvalue weighted by Gasteiger charge is 2.25. The second-order valence-corrected chi connectivity index (χ2v) is 6.83. The molecule has 126 valence electrons. The topological polar surface area (TPSA) is 65.4 Å². The van der Waals surface area contributed by atoms with Crippen LogP contribution in [0.4, 0.5) is 0 Å². The third-order valence-electron chi connectivity index (χ3n) is 4.05. The van der Waals surface area contributed by atoms with Crippen LogP contribution in [0.25, 0.3) is 10.9 Å². The zero-order chi connectivity index (χ0) is 15.7. The Bertz CT molecular complexity index is 636. The van der Waals surface area contributed by atoms with Gasteiger partial charge in [0.1, 0.15) is 5.69 Å². The second-order valence-electron chi connectivity index (χ2n) is 6.83. The zero-order valence-corrected chi connectivity index (χ0v) is 14.5. The lowest BCUT2D eigenvalue weighted by atomic mass is 10.1. The molecule has 1 saturated heterocycles. The number of piperazine rings is 1. The first-order chi connectivity index (χ1) is 10.4. The van der Waals surface area contributed by atoms with E-state index in [1.54, 1.807) is 0 Å². The quantitative estimate of drug-likeness (QED) is 0.902. The van der Waals surface area contributed by atoms with E-state index in [4.69, 9.17) is 5.73 Å². The number of aromatic nitrogens is 1. The number of nitrogens with zero attached hydrogens (tertiary/aromatic N) is 2. The number of para-hydroxylation sites is 1. The summed E-state index contributed by atoms with van der Waals surface area (Å²) in [7, 11) is 0. The molecule has 0 aliphatic carbocycles. The number of rotatable bonds is 3. The molecule has 0 bridgehead atoms. The van der Waals surface area contributed by atoms with Crippen molar-refractivity contribution in [1.29, 1.82) is 0 Å². The van der Waals surface area contributed by atoms with Gasteiger partial charge < -0.3 is 15.6 Å². The summed E-state index contributed by atoms with van der Waals surface area (Å²) in [5, 5.41) is 1.08. The molecular weight excluding hydrogens is 312 g/mol. The van der Waals surface area contributed by atoms with E-state index in [1.807, 2.05) is 49.1 Å². The maximum atomic E-state index is 12.6. The molecule has 1 fully saturated rings. The Morgan fingerprint density at radius 1 is 1.22 bits per heavy atom. The fourth-order valence-electron chi connectivity index (χ4n) is 3.04. The molecule has 1 aromatic carbocycles. The smallest absolute Gasteiger partial charge is 0.270 e. The number of hydrogen-bond donors (Lipinski definition) is 2. The minimum Gasteiger partial charge on any atom is -0.351 e. The Hall–Kier alpha value is -1.56. The Balaban J connectivity index is 0.00000192. The number of amides is 1. The number of H-pyrrole nitrogens is 1. The van der Waals surface area contributed by atoms with Gasteiger partial charge in [0.25, 0.3) is 5.91 Å². The molecule has 23 heavy (non-hydrogen) atoms. The highest BCUT2D eigenvalue weighted by atomic mass is 35.5. The molecule has 3 rings (SSSR count). The van der Waals surface area contributed by atoms with Gasteiger partial charge in [-0.3, -0.25) is 9.69 Å². The SMILES string of the molecule is CC(C)(N)CN1CCN(C(=O)c2cc3ccccc3[nH]2)CC1.Cl. The van der Waals surface area contributed by atoms with Gasteiger partial charge in [-0.2, -0.15) is 0 Å². The number of hydrogen-bond acceptors (Lipinski definition) is 3. The van der Waals surface area contributed by atoms with Gasteiger partial charge in [0.15, 0.2) is 0 Å². The third-order valence-corrected chi connectivity index (χ3v) is 4.05. The minimum absolute atomic E-state index is 0. The Morgan fingerprint density at radius 3 is 2.48 bits per heavy atom. The number of aromatic amines is 1. The molecule has 1 aliphatic rings. The van der Waals surface area contributed by atoms with E-state index in [-0.39, 0.29) is 23.9 Å². The molecular formula is C17H25ClN4O. The van der Waals surface area contributed by atoms with Crippen molar-refractivity contribution < 1.29 is 4.79 Å². The Morgan fingerprint density at radius 2 is 1.87 bits per heavy atom. The average Bonchev–Trinajstić information content (AvgIpc) is 2.89. The molecule has 0 unspecified atom stereocenters. The van der Waals surface area contributed by atoms with Crippen molar-refractivity contribution in [1.82, 2.24) is 14.8 Å². The molecule has 1 aliphatic heterocycles. The van der Waals surface area contributed by atoms with Crippen LogP contribution in [0.5, 0.6) is 0 Å². The van der Waals surface area contributed by atoms with Gasteiger partial charge >= 0.3 is 0 Å². The molecule has 6 heteroatoms. The molecule has 2 aromatic rings. The number of nitrogens with two attached hydrogens (primary N) is 1. The van der Waals surface area contributed by atoms with Crippen LogP contribution < -0.4 is 5.73 Å². The van der Waals surface area contributed by atoms with E-state index in [2.05, 4.69) is 9.88 Å². The van der Waals surface area contributed by atoms with E-state index in [9.17, 15) is 4.79 Å². The van der Waals surface area contributed by atoms with Crippen LogP contribution >= 0.6 is 12.4 Å². The number of carbonyl (C=O) groups is 1. The highest BCUT2D eigenvalue weighted by Crippen LogP contribution is 2.17. The first-order valence-corrected chi connectivity index (χ1v) is 7.81. The molecule has 0 spiro atoms. The number of benzene rings is 1. The highest BCUT2D eigenvalue weighted by molar-refractivity contribution is 5.98. The molecule has 0 atom stereocenters. The normalized spacial score (nSPS) is 16.4. The summed E-state index contributed by atoms with van der Waals surface area (Å²) in [4.78, 5) is 20.1. The van der Waals surface area contributed by atoms with E-state index in [0.29, 0.717) is 5.69 Å². The zero-order valence-electron chi connectivity index (χ0n) is 13.7. The number of nitrogens with one attached hydrogen (secondary N) is 1. The van der Waals surface area contributed by atoms with Crippen LogP contribution in [-0.2, 0) is 0 Å². The molecule has 3 N–H and O–H groups in total. The van der Waals surface area contributed by atoms with Gasteiger partial charge in [-0.25, -0.2) is 0 Å². The predicted octanol–water partition coefficient (Wildman–Crippen LogP) is 2.08. The van der Waals surface area contributed by atoms with E-state index in [0.717, 1.165) is 43.6 Å². The first kappa shape index (κ1) is 17.8. The van der Waals surface area contributed by atoms with Crippen LogP contribution in [0.2, 0.25) is 0 Å². The number of carbonyl (C=O) groups excluding carboxylic acids is 1. The van der Waals surface area contributed by atoms with Gasteiger partial charge in [-0.15, -0.1) is 12.4 Å². The Kier molecular flexibility index (Phi) is 5.34. The van der Waals surface area contributed by atoms with Crippen molar-refractivity contribution >= 4 is 29.2 Å². The van der Waals surface area contributed by atoms with Crippen LogP contribution in [0.15, 0.2) is 30.3 Å². The Labute approximate surface area is 143 Å². The van der Waals surface area contributed by atoms with Gasteiger partial charge in [0.2, 0.25) is 0 Å². The summed E-state index contributed by atoms with van der Waals surface area (Å²) in [6, 6.07) is 9.91. The molecule has 1 aromatic heterocycles. The molecule has 2 heterocycles. The van der Waals surface area contributed by atoms with Crippen molar-refractivity contribution in [3.63, 3.8) is 0 Å². The maximum Gasteiger partial charge on any atom is 0.270 e. The van der Waals surface area contributed by atoms with E-state index in [1.165, 1.54) is 0 Å². The fourth-order valence-corrected chi connectivity index (χ4v) is 3.04. The van der Waals surface area contributed by atoms with Gasteiger partial charge in [0.05, 0.1) is 0 Å². The minimum atomic E-state index is -0.191. The molecule has 1 amide bonds. The lowest BCUT2D eigenvalue weighted by Gasteiger charge is -2.37. The monoisotopic (exact) mass is 336 g/mol. The second kappa shape index (κ2) is 6.91. The average molecular weight is 337 g/mol. The summed E-state index contributed by atoms with van der Waals surface area (Å²) in [6.07, 6.45) is 0. The third kappa shape index (κ3) is 4.25. The summed E-state index contributed by atoms with van der Waals surface area (Å²) in [5.41, 5.74) is 7.56. The molecule has 5 nitrogen and oxygen atoms in total. The van der Waals surface area contributed by atoms with Gasteiger partial charge in [-0.05, 0) is 26.0 Å². The van der Waals surface area contributed by atoms with Crippen LogP contribution in [0.1, 0.15) is 24.3 Å². The van der Waals surface area contributed by atoms with E-state index >= 15 is 0 Å². The standard InChI is InChI=1S/C17H24N4O.ClH/c1-17(2,18)12-20-7-9-21(10-8-20)16(22)15-11-13-5-3-4-6-14(13)19-15;/h3-6,11,19H,7-10,12,18H2,1-2H3;1H. The summed E-state index contributed by atoms with van der Waals surface area (Å²) in [6.45, 7) is 8.21. The number of fused-ring (bicyclic) bond motifs is 1. The summed E-state index contributed by atoms with van der Waals surface area (Å²) in [5.74, 6) is 0.0860. The van der Waals surface area contributed by atoms with Crippen LogP contribution in [0, 0.1) is 0 Å². The van der Waals surface area contributed by atoms with Crippen molar-refractivity contribution in [3.8, 4) is 0 Å². The van der Waals surface area contributed by atoms with Crippen molar-refractivity contribution in [2.24, 2.45) is 5.73 Å². The lowest BCUT2D eigenvalue weighted by Crippen LogP contribution is -2.54.